The number of halogens is 6. The van der Waals surface area contributed by atoms with E-state index in [2.05, 4.69) is 0 Å². The number of hydrogen-bond acceptors (Lipinski definition) is 0. The van der Waals surface area contributed by atoms with Crippen molar-refractivity contribution < 1.29 is 26.3 Å². The Hall–Kier alpha value is 0.379. The molecule has 0 aliphatic rings. The van der Waals surface area contributed by atoms with Crippen LogP contribution in [0.2, 0.25) is 9.88 Å². The molecular formula is C4H6F6Sn. The topological polar surface area (TPSA) is 0 Å². The molecule has 0 aliphatic carbocycles. The van der Waals surface area contributed by atoms with Gasteiger partial charge in [0.2, 0.25) is 0 Å². The van der Waals surface area contributed by atoms with E-state index in [0.717, 1.165) is 0 Å². The molecule has 0 aromatic carbocycles. The van der Waals surface area contributed by atoms with Crippen molar-refractivity contribution in [3.63, 3.8) is 0 Å². The van der Waals surface area contributed by atoms with E-state index in [4.69, 9.17) is 0 Å². The predicted octanol–water partition coefficient (Wildman–Crippen LogP) is 2.90. The van der Waals surface area contributed by atoms with Gasteiger partial charge in [-0.3, -0.25) is 0 Å². The summed E-state index contributed by atoms with van der Waals surface area (Å²) in [6, 6.07) is 0. The third-order valence-corrected chi connectivity index (χ3v) is 9.51. The molecule has 0 atom stereocenters. The first-order chi connectivity index (χ1) is 4.50. The Morgan fingerprint density at radius 2 is 0.909 bits per heavy atom. The van der Waals surface area contributed by atoms with Gasteiger partial charge >= 0.3 is 63.0 Å². The maximum atomic E-state index is 11.7. The quantitative estimate of drug-likeness (QED) is 0.474. The van der Waals surface area contributed by atoms with Crippen LogP contribution >= 0.6 is 0 Å². The Bertz CT molecular complexity index is 126. The van der Waals surface area contributed by atoms with Crippen molar-refractivity contribution in [2.45, 2.75) is 18.3 Å². The average molecular weight is 287 g/mol. The van der Waals surface area contributed by atoms with Gasteiger partial charge in [-0.2, -0.15) is 0 Å². The van der Waals surface area contributed by atoms with Crippen LogP contribution in [0.4, 0.5) is 26.3 Å². The van der Waals surface area contributed by atoms with Crippen LogP contribution in [0.25, 0.3) is 0 Å². The monoisotopic (exact) mass is 288 g/mol. The van der Waals surface area contributed by atoms with Gasteiger partial charge in [-0.1, -0.05) is 0 Å². The van der Waals surface area contributed by atoms with Crippen LogP contribution in [-0.4, -0.2) is 26.8 Å². The molecule has 7 heteroatoms. The molecule has 11 heavy (non-hydrogen) atoms. The Kier molecular flexibility index (Phi) is 2.80. The van der Waals surface area contributed by atoms with Gasteiger partial charge in [0.15, 0.2) is 0 Å². The first-order valence-electron chi connectivity index (χ1n) is 2.63. The Morgan fingerprint density at radius 3 is 0.909 bits per heavy atom. The van der Waals surface area contributed by atoms with Crippen LogP contribution < -0.4 is 0 Å². The van der Waals surface area contributed by atoms with Crippen LogP contribution in [0.1, 0.15) is 0 Å². The van der Waals surface area contributed by atoms with E-state index < -0.39 is 26.8 Å². The second-order valence-electron chi connectivity index (χ2n) is 2.62. The van der Waals surface area contributed by atoms with Crippen LogP contribution in [0.15, 0.2) is 0 Å². The molecule has 0 amide bonds. The first kappa shape index (κ1) is 11.4. The fourth-order valence-corrected chi connectivity index (χ4v) is 1.08. The predicted molar refractivity (Wildman–Crippen MR) is 29.6 cm³/mol. The molecule has 0 rings (SSSR count). The summed E-state index contributed by atoms with van der Waals surface area (Å²) in [5.74, 6) is 0. The van der Waals surface area contributed by atoms with E-state index in [-0.39, 0.29) is 0 Å². The first-order valence-corrected chi connectivity index (χ1v) is 11.2. The van der Waals surface area contributed by atoms with Gasteiger partial charge in [-0.05, 0) is 0 Å². The van der Waals surface area contributed by atoms with Crippen LogP contribution in [0, 0.1) is 0 Å². The Balaban J connectivity index is 4.75. The third kappa shape index (κ3) is 2.16. The number of alkyl halides is 6. The fraction of sp³-hybridized carbons (Fsp3) is 1.00. The zero-order valence-electron chi connectivity index (χ0n) is 5.77. The zero-order chi connectivity index (χ0) is 9.50. The van der Waals surface area contributed by atoms with Crippen LogP contribution in [0.5, 0.6) is 0 Å². The summed E-state index contributed by atoms with van der Waals surface area (Å²) in [7, 11) is 0. The standard InChI is InChI=1S/2CF3.2CH3.Sn/c2*2-1(3)4;;;/h;;2*1H3;. The third-order valence-electron chi connectivity index (χ3n) is 1.42. The second kappa shape index (κ2) is 2.70. The summed E-state index contributed by atoms with van der Waals surface area (Å²) in [5.41, 5.74) is 0. The van der Waals surface area contributed by atoms with Gasteiger partial charge < -0.3 is 0 Å². The molecule has 0 aromatic rings. The molecule has 0 nitrogen and oxygen atoms in total. The minimum absolute atomic E-state index is 0.314. The summed E-state index contributed by atoms with van der Waals surface area (Å²) in [6.45, 7) is 0. The van der Waals surface area contributed by atoms with Gasteiger partial charge in [0, 0.05) is 0 Å². The van der Waals surface area contributed by atoms with Crippen molar-refractivity contribution in [2.24, 2.45) is 0 Å². The van der Waals surface area contributed by atoms with Gasteiger partial charge in [0.1, 0.15) is 0 Å². The van der Waals surface area contributed by atoms with Crippen molar-refractivity contribution >= 4 is 18.4 Å². The summed E-state index contributed by atoms with van der Waals surface area (Å²) < 4.78 is 60.1. The summed E-state index contributed by atoms with van der Waals surface area (Å²) >= 11 is -5.86. The summed E-state index contributed by atoms with van der Waals surface area (Å²) in [6.07, 6.45) is 0. The van der Waals surface area contributed by atoms with Crippen molar-refractivity contribution in [2.75, 3.05) is 0 Å². The normalized spacial score (nSPS) is 15.3. The molecule has 68 valence electrons. The molecule has 0 radical (unpaired) electrons. The molecule has 0 saturated carbocycles. The Morgan fingerprint density at radius 1 is 0.727 bits per heavy atom. The molecule has 0 aromatic heterocycles. The van der Waals surface area contributed by atoms with E-state index in [9.17, 15) is 26.3 Å². The van der Waals surface area contributed by atoms with Crippen LogP contribution in [-0.2, 0) is 0 Å². The summed E-state index contributed by atoms with van der Waals surface area (Å²) in [4.78, 5) is 0.628. The van der Waals surface area contributed by atoms with E-state index in [0.29, 0.717) is 9.88 Å². The SMILES string of the molecule is [CH3][Sn]([CH3])([C](F)(F)F)[C](F)(F)F. The molecule has 0 bridgehead atoms. The molecule has 0 unspecified atom stereocenters. The number of hydrogen-bond donors (Lipinski definition) is 0. The van der Waals surface area contributed by atoms with Gasteiger partial charge in [-0.15, -0.1) is 0 Å². The molecule has 0 spiro atoms. The minimum atomic E-state index is -5.86. The number of rotatable bonds is 0. The van der Waals surface area contributed by atoms with E-state index in [1.807, 2.05) is 0 Å². The van der Waals surface area contributed by atoms with E-state index in [1.54, 1.807) is 0 Å². The average Bonchev–Trinajstić information content (AvgIpc) is 1.58. The maximum absolute atomic E-state index is 11.7. The van der Waals surface area contributed by atoms with Gasteiger partial charge in [0.05, 0.1) is 0 Å². The van der Waals surface area contributed by atoms with E-state index >= 15 is 0 Å². The molecule has 0 saturated heterocycles. The molecule has 0 N–H and O–H groups in total. The second-order valence-corrected chi connectivity index (χ2v) is 15.1. The van der Waals surface area contributed by atoms with Crippen LogP contribution in [0.3, 0.4) is 0 Å². The molecule has 0 aliphatic heterocycles. The molecule has 0 fully saturated rings. The van der Waals surface area contributed by atoms with Gasteiger partial charge in [0.25, 0.3) is 0 Å². The zero-order valence-corrected chi connectivity index (χ0v) is 8.62. The van der Waals surface area contributed by atoms with Gasteiger partial charge in [-0.25, -0.2) is 0 Å². The molecule has 0 heterocycles. The summed E-state index contributed by atoms with van der Waals surface area (Å²) in [5, 5.41) is 0. The fourth-order valence-electron chi connectivity index (χ4n) is 0.161. The van der Waals surface area contributed by atoms with Crippen molar-refractivity contribution in [3.8, 4) is 0 Å². The van der Waals surface area contributed by atoms with Crippen molar-refractivity contribution in [1.29, 1.82) is 0 Å². The molecular weight excluding hydrogens is 281 g/mol. The van der Waals surface area contributed by atoms with E-state index in [1.165, 1.54) is 0 Å². The van der Waals surface area contributed by atoms with Crippen molar-refractivity contribution in [1.82, 2.24) is 0 Å². The Labute approximate surface area is 63.4 Å². The van der Waals surface area contributed by atoms with Crippen molar-refractivity contribution in [3.05, 3.63) is 0 Å².